The van der Waals surface area contributed by atoms with Gasteiger partial charge in [0.1, 0.15) is 23.0 Å². The predicted molar refractivity (Wildman–Crippen MR) is 142 cm³/mol. The highest BCUT2D eigenvalue weighted by atomic mass is 19.1. The Morgan fingerprint density at radius 3 is 2.13 bits per heavy atom. The average molecular weight is 532 g/mol. The number of ether oxygens (including phenoxy) is 1. The van der Waals surface area contributed by atoms with E-state index in [1.54, 1.807) is 6.92 Å². The number of anilines is 1. The molecule has 39 heavy (non-hydrogen) atoms. The van der Waals surface area contributed by atoms with Gasteiger partial charge in [-0.1, -0.05) is 59.8 Å². The molecule has 2 amide bonds. The van der Waals surface area contributed by atoms with Crippen molar-refractivity contribution in [3.8, 4) is 22.5 Å². The van der Waals surface area contributed by atoms with Gasteiger partial charge < -0.3 is 19.9 Å². The van der Waals surface area contributed by atoms with Crippen molar-refractivity contribution in [1.29, 1.82) is 0 Å². The van der Waals surface area contributed by atoms with Crippen LogP contribution in [0, 0.1) is 18.6 Å². The molecule has 2 N–H and O–H groups in total. The molecular formula is C30H27F2N3O4. The van der Waals surface area contributed by atoms with E-state index < -0.39 is 23.1 Å². The first-order valence-corrected chi connectivity index (χ1v) is 12.6. The third kappa shape index (κ3) is 5.25. The van der Waals surface area contributed by atoms with Crippen molar-refractivity contribution in [2.24, 2.45) is 0 Å². The van der Waals surface area contributed by atoms with Crippen LogP contribution < -0.4 is 10.6 Å². The predicted octanol–water partition coefficient (Wildman–Crippen LogP) is 6.51. The van der Waals surface area contributed by atoms with Gasteiger partial charge in [0.15, 0.2) is 5.76 Å². The van der Waals surface area contributed by atoms with Crippen LogP contribution in [0.1, 0.15) is 36.6 Å². The van der Waals surface area contributed by atoms with E-state index >= 15 is 0 Å². The Labute approximate surface area is 224 Å². The Hall–Kier alpha value is -4.53. The number of amides is 2. The van der Waals surface area contributed by atoms with E-state index in [0.29, 0.717) is 29.3 Å². The van der Waals surface area contributed by atoms with Gasteiger partial charge in [-0.3, -0.25) is 4.79 Å². The van der Waals surface area contributed by atoms with Gasteiger partial charge in [-0.05, 0) is 55.5 Å². The number of halogens is 2. The first-order chi connectivity index (χ1) is 18.8. The summed E-state index contributed by atoms with van der Waals surface area (Å²) < 4.78 is 38.5. The van der Waals surface area contributed by atoms with E-state index in [1.165, 1.54) is 6.07 Å². The molecule has 4 aromatic rings. The van der Waals surface area contributed by atoms with Crippen LogP contribution in [0.25, 0.3) is 22.5 Å². The van der Waals surface area contributed by atoms with Gasteiger partial charge in [0, 0.05) is 11.1 Å². The van der Waals surface area contributed by atoms with Gasteiger partial charge in [-0.25, -0.2) is 13.6 Å². The fraction of sp³-hybridized carbons (Fsp3) is 0.233. The van der Waals surface area contributed by atoms with Crippen LogP contribution in [-0.4, -0.2) is 23.8 Å². The summed E-state index contributed by atoms with van der Waals surface area (Å²) in [5.74, 6) is -1.29. The Bertz CT molecular complexity index is 1490. The highest BCUT2D eigenvalue weighted by Gasteiger charge is 2.52. The molecule has 0 atom stereocenters. The number of rotatable bonds is 8. The third-order valence-electron chi connectivity index (χ3n) is 6.92. The van der Waals surface area contributed by atoms with E-state index in [9.17, 15) is 18.4 Å². The molecule has 0 saturated heterocycles. The van der Waals surface area contributed by atoms with Gasteiger partial charge in [0.05, 0.1) is 18.6 Å². The Balaban J connectivity index is 1.28. The SMILES string of the molecule is CCOC(=O)C1(c2ccc(-c3ccc(-c4onc(C)c4NC(=O)NCc4c(F)cccc4F)cc3)cc2)CC1. The monoisotopic (exact) mass is 531 g/mol. The average Bonchev–Trinajstić information content (AvgIpc) is 3.68. The second-order valence-corrected chi connectivity index (χ2v) is 9.44. The lowest BCUT2D eigenvalue weighted by atomic mass is 9.93. The van der Waals surface area contributed by atoms with Gasteiger partial charge in [0.2, 0.25) is 0 Å². The lowest BCUT2D eigenvalue weighted by Gasteiger charge is -2.14. The second kappa shape index (κ2) is 10.7. The number of nitrogens with one attached hydrogen (secondary N) is 2. The van der Waals surface area contributed by atoms with Crippen LogP contribution >= 0.6 is 0 Å². The molecule has 0 radical (unpaired) electrons. The van der Waals surface area contributed by atoms with Gasteiger partial charge in [-0.15, -0.1) is 0 Å². The normalized spacial score (nSPS) is 13.5. The zero-order valence-corrected chi connectivity index (χ0v) is 21.5. The molecule has 1 aliphatic rings. The number of esters is 1. The number of carbonyl (C=O) groups is 2. The van der Waals surface area contributed by atoms with Crippen molar-refractivity contribution in [2.75, 3.05) is 11.9 Å². The fourth-order valence-electron chi connectivity index (χ4n) is 4.54. The molecule has 9 heteroatoms. The molecule has 0 unspecified atom stereocenters. The topological polar surface area (TPSA) is 93.5 Å². The molecule has 0 bridgehead atoms. The summed E-state index contributed by atoms with van der Waals surface area (Å²) in [7, 11) is 0. The van der Waals surface area contributed by atoms with Crippen molar-refractivity contribution >= 4 is 17.7 Å². The molecule has 7 nitrogen and oxygen atoms in total. The molecule has 1 saturated carbocycles. The molecule has 3 aromatic carbocycles. The van der Waals surface area contributed by atoms with Crippen molar-refractivity contribution < 1.29 is 27.6 Å². The number of hydrogen-bond donors (Lipinski definition) is 2. The maximum absolute atomic E-state index is 13.9. The Morgan fingerprint density at radius 1 is 0.949 bits per heavy atom. The summed E-state index contributed by atoms with van der Waals surface area (Å²) in [4.78, 5) is 24.9. The smallest absolute Gasteiger partial charge is 0.319 e. The van der Waals surface area contributed by atoms with Crippen LogP contribution in [-0.2, 0) is 21.5 Å². The number of aromatic nitrogens is 1. The summed E-state index contributed by atoms with van der Waals surface area (Å²) in [6, 6.07) is 18.3. The van der Waals surface area contributed by atoms with E-state index in [0.717, 1.165) is 41.7 Å². The van der Waals surface area contributed by atoms with E-state index in [1.807, 2.05) is 55.5 Å². The Kier molecular flexibility index (Phi) is 7.15. The summed E-state index contributed by atoms with van der Waals surface area (Å²) >= 11 is 0. The van der Waals surface area contributed by atoms with E-state index in [2.05, 4.69) is 15.8 Å². The highest BCUT2D eigenvalue weighted by Crippen LogP contribution is 2.49. The Morgan fingerprint density at radius 2 is 1.54 bits per heavy atom. The molecule has 0 spiro atoms. The summed E-state index contributed by atoms with van der Waals surface area (Å²) in [5.41, 5.74) is 3.66. The number of benzene rings is 3. The number of hydrogen-bond acceptors (Lipinski definition) is 5. The molecule has 1 heterocycles. The fourth-order valence-corrected chi connectivity index (χ4v) is 4.54. The first-order valence-electron chi connectivity index (χ1n) is 12.6. The van der Waals surface area contributed by atoms with Crippen LogP contribution in [0.2, 0.25) is 0 Å². The molecular weight excluding hydrogens is 504 g/mol. The standard InChI is InChI=1S/C30H27F2N3O4/c1-3-38-28(36)30(15-16-30)22-13-11-20(12-14-22)19-7-9-21(10-8-19)27-26(18(2)35-39-27)34-29(37)33-17-23-24(31)5-4-6-25(23)32/h4-14H,3,15-17H2,1-2H3,(H2,33,34,37). The summed E-state index contributed by atoms with van der Waals surface area (Å²) in [6.07, 6.45) is 1.59. The minimum atomic E-state index is -0.738. The maximum atomic E-state index is 13.9. The van der Waals surface area contributed by atoms with Crippen molar-refractivity contribution in [1.82, 2.24) is 10.5 Å². The lowest BCUT2D eigenvalue weighted by Crippen LogP contribution is -2.29. The highest BCUT2D eigenvalue weighted by molar-refractivity contribution is 5.94. The van der Waals surface area contributed by atoms with Crippen LogP contribution in [0.15, 0.2) is 71.3 Å². The zero-order valence-electron chi connectivity index (χ0n) is 21.5. The van der Waals surface area contributed by atoms with Crippen molar-refractivity contribution in [2.45, 2.75) is 38.6 Å². The zero-order chi connectivity index (χ0) is 27.6. The molecule has 1 fully saturated rings. The largest absolute Gasteiger partial charge is 0.465 e. The molecule has 1 aromatic heterocycles. The van der Waals surface area contributed by atoms with Gasteiger partial charge in [0.25, 0.3) is 0 Å². The number of nitrogens with zero attached hydrogens (tertiary/aromatic N) is 1. The van der Waals surface area contributed by atoms with Crippen molar-refractivity contribution in [3.63, 3.8) is 0 Å². The minimum absolute atomic E-state index is 0.165. The number of urea groups is 1. The van der Waals surface area contributed by atoms with Gasteiger partial charge >= 0.3 is 12.0 Å². The van der Waals surface area contributed by atoms with Crippen LogP contribution in [0.5, 0.6) is 0 Å². The second-order valence-electron chi connectivity index (χ2n) is 9.44. The minimum Gasteiger partial charge on any atom is -0.465 e. The quantitative estimate of drug-likeness (QED) is 0.253. The van der Waals surface area contributed by atoms with Crippen LogP contribution in [0.3, 0.4) is 0 Å². The van der Waals surface area contributed by atoms with Crippen molar-refractivity contribution in [3.05, 3.63) is 95.2 Å². The maximum Gasteiger partial charge on any atom is 0.319 e. The molecule has 1 aliphatic carbocycles. The molecule has 0 aliphatic heterocycles. The lowest BCUT2D eigenvalue weighted by molar-refractivity contribution is -0.146. The molecule has 200 valence electrons. The molecule has 5 rings (SSSR count). The third-order valence-corrected chi connectivity index (χ3v) is 6.92. The summed E-state index contributed by atoms with van der Waals surface area (Å²) in [6.45, 7) is 3.53. The summed E-state index contributed by atoms with van der Waals surface area (Å²) in [5, 5.41) is 9.09. The first kappa shape index (κ1) is 26.1. The van der Waals surface area contributed by atoms with Crippen LogP contribution in [0.4, 0.5) is 19.3 Å². The number of aryl methyl sites for hydroxylation is 1. The van der Waals surface area contributed by atoms with Gasteiger partial charge in [-0.2, -0.15) is 0 Å². The van der Waals surface area contributed by atoms with E-state index in [4.69, 9.17) is 9.26 Å². The van der Waals surface area contributed by atoms with E-state index in [-0.39, 0.29) is 18.1 Å². The number of carbonyl (C=O) groups excluding carboxylic acids is 2.